The first-order valence-corrected chi connectivity index (χ1v) is 9.56. The number of hydrogen-bond donors (Lipinski definition) is 1. The number of fused-ring (bicyclic) bond motifs is 1. The predicted octanol–water partition coefficient (Wildman–Crippen LogP) is 3.59. The van der Waals surface area contributed by atoms with Crippen LogP contribution in [0.2, 0.25) is 5.02 Å². The van der Waals surface area contributed by atoms with E-state index in [-0.39, 0.29) is 30.3 Å². The molecule has 0 aliphatic carbocycles. The van der Waals surface area contributed by atoms with Crippen molar-refractivity contribution in [3.63, 3.8) is 0 Å². The first-order valence-electron chi connectivity index (χ1n) is 8.19. The molecular formula is C19H17ClN2O4S. The van der Waals surface area contributed by atoms with E-state index in [4.69, 9.17) is 11.6 Å². The Balaban J connectivity index is 1.67. The molecule has 2 amide bonds. The van der Waals surface area contributed by atoms with Crippen LogP contribution in [0.5, 0.6) is 0 Å². The maximum atomic E-state index is 12.3. The third-order valence-electron chi connectivity index (χ3n) is 4.03. The van der Waals surface area contributed by atoms with E-state index >= 15 is 0 Å². The van der Waals surface area contributed by atoms with Gasteiger partial charge in [-0.05, 0) is 30.3 Å². The summed E-state index contributed by atoms with van der Waals surface area (Å²) in [5, 5.41) is 3.00. The van der Waals surface area contributed by atoms with Crippen LogP contribution in [0.1, 0.15) is 16.8 Å². The largest absolute Gasteiger partial charge is 0.465 e. The number of esters is 1. The lowest BCUT2D eigenvalue weighted by Crippen LogP contribution is -2.37. The quantitative estimate of drug-likeness (QED) is 0.770. The minimum atomic E-state index is -0.518. The standard InChI is InChI=1S/C19H17ClN2O4S/c1-26-19(25)12-6-7-13(20)14(10-12)21-17(23)8-9-22-15-4-2-3-5-16(15)27-11-18(22)24/h2-7,10H,8-9,11H2,1H3,(H,21,23). The summed E-state index contributed by atoms with van der Waals surface area (Å²) in [4.78, 5) is 38.8. The van der Waals surface area contributed by atoms with Crippen molar-refractivity contribution in [1.29, 1.82) is 0 Å². The molecule has 6 nitrogen and oxygen atoms in total. The molecule has 3 rings (SSSR count). The first-order chi connectivity index (χ1) is 13.0. The van der Waals surface area contributed by atoms with Crippen molar-refractivity contribution >= 4 is 52.5 Å². The van der Waals surface area contributed by atoms with Crippen LogP contribution in [0, 0.1) is 0 Å². The minimum Gasteiger partial charge on any atom is -0.465 e. The Morgan fingerprint density at radius 2 is 2.04 bits per heavy atom. The molecule has 8 heteroatoms. The molecule has 2 aromatic carbocycles. The van der Waals surface area contributed by atoms with Gasteiger partial charge in [0.2, 0.25) is 11.8 Å². The van der Waals surface area contributed by atoms with Crippen LogP contribution in [0.4, 0.5) is 11.4 Å². The highest BCUT2D eigenvalue weighted by Gasteiger charge is 2.24. The van der Waals surface area contributed by atoms with E-state index < -0.39 is 5.97 Å². The van der Waals surface area contributed by atoms with Gasteiger partial charge in [-0.1, -0.05) is 23.7 Å². The van der Waals surface area contributed by atoms with E-state index in [0.29, 0.717) is 16.5 Å². The molecule has 140 valence electrons. The molecule has 0 spiro atoms. The van der Waals surface area contributed by atoms with Gasteiger partial charge in [-0.2, -0.15) is 0 Å². The summed E-state index contributed by atoms with van der Waals surface area (Å²) in [6, 6.07) is 12.1. The summed E-state index contributed by atoms with van der Waals surface area (Å²) in [6.07, 6.45) is 0.101. The van der Waals surface area contributed by atoms with Gasteiger partial charge in [-0.25, -0.2) is 4.79 Å². The number of nitrogens with zero attached hydrogens (tertiary/aromatic N) is 1. The number of carbonyl (C=O) groups excluding carboxylic acids is 3. The maximum Gasteiger partial charge on any atom is 0.337 e. The highest BCUT2D eigenvalue weighted by Crippen LogP contribution is 2.35. The third kappa shape index (κ3) is 4.43. The first kappa shape index (κ1) is 19.3. The second kappa shape index (κ2) is 8.45. The van der Waals surface area contributed by atoms with Gasteiger partial charge in [0.1, 0.15) is 0 Å². The topological polar surface area (TPSA) is 75.7 Å². The van der Waals surface area contributed by atoms with E-state index in [1.165, 1.54) is 37.1 Å². The van der Waals surface area contributed by atoms with Gasteiger partial charge < -0.3 is 15.0 Å². The summed E-state index contributed by atoms with van der Waals surface area (Å²) in [7, 11) is 1.28. The zero-order valence-electron chi connectivity index (χ0n) is 14.5. The number of rotatable bonds is 5. The van der Waals surface area contributed by atoms with Crippen molar-refractivity contribution in [1.82, 2.24) is 0 Å². The Bertz CT molecular complexity index is 903. The zero-order valence-corrected chi connectivity index (χ0v) is 16.1. The second-order valence-electron chi connectivity index (χ2n) is 5.79. The predicted molar refractivity (Wildman–Crippen MR) is 106 cm³/mol. The fourth-order valence-corrected chi connectivity index (χ4v) is 3.79. The zero-order chi connectivity index (χ0) is 19.4. The highest BCUT2D eigenvalue weighted by molar-refractivity contribution is 8.00. The molecule has 27 heavy (non-hydrogen) atoms. The summed E-state index contributed by atoms with van der Waals surface area (Å²) >= 11 is 7.59. The number of amides is 2. The number of benzene rings is 2. The van der Waals surface area contributed by atoms with Crippen LogP contribution in [0.25, 0.3) is 0 Å². The number of anilines is 2. The molecule has 0 saturated carbocycles. The second-order valence-corrected chi connectivity index (χ2v) is 7.21. The van der Waals surface area contributed by atoms with Gasteiger partial charge in [0.25, 0.3) is 0 Å². The van der Waals surface area contributed by atoms with Crippen molar-refractivity contribution in [3.05, 3.63) is 53.1 Å². The van der Waals surface area contributed by atoms with E-state index in [1.807, 2.05) is 24.3 Å². The van der Waals surface area contributed by atoms with Crippen molar-refractivity contribution in [2.45, 2.75) is 11.3 Å². The lowest BCUT2D eigenvalue weighted by atomic mass is 10.2. The van der Waals surface area contributed by atoms with Crippen molar-refractivity contribution < 1.29 is 19.1 Å². The fourth-order valence-electron chi connectivity index (χ4n) is 2.69. The van der Waals surface area contributed by atoms with Crippen LogP contribution in [-0.4, -0.2) is 37.2 Å². The Labute approximate surface area is 165 Å². The number of halogens is 1. The Morgan fingerprint density at radius 1 is 1.26 bits per heavy atom. The molecule has 1 heterocycles. The van der Waals surface area contributed by atoms with Crippen molar-refractivity contribution in [2.24, 2.45) is 0 Å². The molecule has 0 radical (unpaired) electrons. The smallest absolute Gasteiger partial charge is 0.337 e. The minimum absolute atomic E-state index is 0.0304. The maximum absolute atomic E-state index is 12.3. The number of methoxy groups -OCH3 is 1. The molecule has 0 saturated heterocycles. The van der Waals surface area contributed by atoms with Gasteiger partial charge in [0.05, 0.1) is 34.8 Å². The van der Waals surface area contributed by atoms with Gasteiger partial charge >= 0.3 is 5.97 Å². The number of carbonyl (C=O) groups is 3. The number of nitrogens with one attached hydrogen (secondary N) is 1. The normalized spacial score (nSPS) is 13.1. The van der Waals surface area contributed by atoms with Gasteiger partial charge in [0, 0.05) is 17.9 Å². The van der Waals surface area contributed by atoms with E-state index in [9.17, 15) is 14.4 Å². The summed E-state index contributed by atoms with van der Waals surface area (Å²) < 4.78 is 4.67. The Morgan fingerprint density at radius 3 is 2.81 bits per heavy atom. The Kier molecular flexibility index (Phi) is 6.03. The molecule has 0 atom stereocenters. The number of para-hydroxylation sites is 1. The molecule has 1 N–H and O–H groups in total. The van der Waals surface area contributed by atoms with E-state index in [0.717, 1.165) is 10.6 Å². The van der Waals surface area contributed by atoms with E-state index in [2.05, 4.69) is 10.1 Å². The summed E-state index contributed by atoms with van der Waals surface area (Å²) in [5.74, 6) is -0.499. The summed E-state index contributed by atoms with van der Waals surface area (Å²) in [5.41, 5.74) is 1.43. The molecule has 2 aromatic rings. The molecule has 1 aliphatic rings. The number of hydrogen-bond acceptors (Lipinski definition) is 5. The third-order valence-corrected chi connectivity index (χ3v) is 5.41. The van der Waals surface area contributed by atoms with Crippen LogP contribution < -0.4 is 10.2 Å². The Hall–Kier alpha value is -2.51. The van der Waals surface area contributed by atoms with Crippen LogP contribution in [0.3, 0.4) is 0 Å². The summed E-state index contributed by atoms with van der Waals surface area (Å²) in [6.45, 7) is 0.260. The molecule has 0 fully saturated rings. The lowest BCUT2D eigenvalue weighted by Gasteiger charge is -2.28. The lowest BCUT2D eigenvalue weighted by molar-refractivity contribution is -0.117. The highest BCUT2D eigenvalue weighted by atomic mass is 35.5. The molecule has 0 unspecified atom stereocenters. The van der Waals surface area contributed by atoms with Crippen molar-refractivity contribution in [2.75, 3.05) is 29.6 Å². The van der Waals surface area contributed by atoms with Crippen LogP contribution >= 0.6 is 23.4 Å². The van der Waals surface area contributed by atoms with Crippen molar-refractivity contribution in [3.8, 4) is 0 Å². The van der Waals surface area contributed by atoms with Gasteiger partial charge in [-0.15, -0.1) is 11.8 Å². The monoisotopic (exact) mass is 404 g/mol. The average molecular weight is 405 g/mol. The molecule has 1 aliphatic heterocycles. The fraction of sp³-hybridized carbons (Fsp3) is 0.211. The SMILES string of the molecule is COC(=O)c1ccc(Cl)c(NC(=O)CCN2C(=O)CSc3ccccc32)c1. The molecule has 0 aromatic heterocycles. The average Bonchev–Trinajstić information content (AvgIpc) is 2.68. The van der Waals surface area contributed by atoms with Crippen LogP contribution in [0.15, 0.2) is 47.4 Å². The van der Waals surface area contributed by atoms with E-state index in [1.54, 1.807) is 4.90 Å². The number of thioether (sulfide) groups is 1. The van der Waals surface area contributed by atoms with Gasteiger partial charge in [0.15, 0.2) is 0 Å². The molecular weight excluding hydrogens is 388 g/mol. The van der Waals surface area contributed by atoms with Gasteiger partial charge in [-0.3, -0.25) is 9.59 Å². The number of ether oxygens (including phenoxy) is 1. The molecule has 0 bridgehead atoms. The van der Waals surface area contributed by atoms with Crippen LogP contribution in [-0.2, 0) is 14.3 Å².